The Hall–Kier alpha value is -0.120. The SMILES string of the molecule is CCCN(C)C(CN)C1CCCOC1. The highest BCUT2D eigenvalue weighted by molar-refractivity contribution is 4.80. The summed E-state index contributed by atoms with van der Waals surface area (Å²) >= 11 is 0. The van der Waals surface area contributed by atoms with Crippen LogP contribution in [0, 0.1) is 5.92 Å². The second-order valence-electron chi connectivity index (χ2n) is 4.26. The topological polar surface area (TPSA) is 38.5 Å². The summed E-state index contributed by atoms with van der Waals surface area (Å²) in [7, 11) is 2.18. The van der Waals surface area contributed by atoms with Gasteiger partial charge in [-0.05, 0) is 38.8 Å². The van der Waals surface area contributed by atoms with Gasteiger partial charge in [0.05, 0.1) is 6.61 Å². The van der Waals surface area contributed by atoms with Gasteiger partial charge in [-0.3, -0.25) is 0 Å². The Bertz CT molecular complexity index is 146. The normalized spacial score (nSPS) is 25.3. The molecule has 0 saturated carbocycles. The van der Waals surface area contributed by atoms with Crippen molar-refractivity contribution in [2.45, 2.75) is 32.2 Å². The van der Waals surface area contributed by atoms with Crippen LogP contribution in [0.15, 0.2) is 0 Å². The third-order valence-corrected chi connectivity index (χ3v) is 3.12. The van der Waals surface area contributed by atoms with Crippen LogP contribution in [0.5, 0.6) is 0 Å². The van der Waals surface area contributed by atoms with Crippen LogP contribution in [-0.2, 0) is 4.74 Å². The number of likely N-dealkylation sites (N-methyl/N-ethyl adjacent to an activating group) is 1. The molecule has 84 valence electrons. The zero-order valence-corrected chi connectivity index (χ0v) is 9.54. The van der Waals surface area contributed by atoms with Gasteiger partial charge in [-0.15, -0.1) is 0 Å². The molecule has 0 aliphatic carbocycles. The van der Waals surface area contributed by atoms with E-state index in [1.807, 2.05) is 0 Å². The lowest BCUT2D eigenvalue weighted by molar-refractivity contribution is 0.0173. The predicted molar refractivity (Wildman–Crippen MR) is 59.3 cm³/mol. The Labute approximate surface area is 87.6 Å². The second kappa shape index (κ2) is 6.38. The molecule has 2 N–H and O–H groups in total. The summed E-state index contributed by atoms with van der Waals surface area (Å²) in [5.41, 5.74) is 5.84. The summed E-state index contributed by atoms with van der Waals surface area (Å²) in [6.45, 7) is 5.94. The van der Waals surface area contributed by atoms with Crippen molar-refractivity contribution >= 4 is 0 Å². The summed E-state index contributed by atoms with van der Waals surface area (Å²) in [5.74, 6) is 0.644. The summed E-state index contributed by atoms with van der Waals surface area (Å²) in [6, 6.07) is 0.509. The van der Waals surface area contributed by atoms with Gasteiger partial charge < -0.3 is 15.4 Å². The van der Waals surface area contributed by atoms with Crippen LogP contribution in [0.3, 0.4) is 0 Å². The van der Waals surface area contributed by atoms with Gasteiger partial charge in [0.2, 0.25) is 0 Å². The molecule has 0 aromatic rings. The van der Waals surface area contributed by atoms with Crippen molar-refractivity contribution in [2.75, 3.05) is 33.4 Å². The standard InChI is InChI=1S/C11H24N2O/c1-3-6-13(2)11(8-12)10-5-4-7-14-9-10/h10-11H,3-9,12H2,1-2H3. The fourth-order valence-electron chi connectivity index (χ4n) is 2.32. The third kappa shape index (κ3) is 3.23. The number of nitrogens with zero attached hydrogens (tertiary/aromatic N) is 1. The fraction of sp³-hybridized carbons (Fsp3) is 1.00. The monoisotopic (exact) mass is 200 g/mol. The molecule has 0 aromatic heterocycles. The lowest BCUT2D eigenvalue weighted by Crippen LogP contribution is -2.46. The Morgan fingerprint density at radius 1 is 1.57 bits per heavy atom. The van der Waals surface area contributed by atoms with Crippen LogP contribution in [0.1, 0.15) is 26.2 Å². The number of hydrogen-bond acceptors (Lipinski definition) is 3. The zero-order chi connectivity index (χ0) is 10.4. The van der Waals surface area contributed by atoms with Crippen molar-refractivity contribution < 1.29 is 4.74 Å². The van der Waals surface area contributed by atoms with Crippen LogP contribution < -0.4 is 5.73 Å². The van der Waals surface area contributed by atoms with Crippen LogP contribution in [-0.4, -0.2) is 44.3 Å². The maximum atomic E-state index is 5.84. The lowest BCUT2D eigenvalue weighted by Gasteiger charge is -2.35. The van der Waals surface area contributed by atoms with Crippen molar-refractivity contribution in [1.29, 1.82) is 0 Å². The number of nitrogens with two attached hydrogens (primary N) is 1. The quantitative estimate of drug-likeness (QED) is 0.722. The van der Waals surface area contributed by atoms with Crippen molar-refractivity contribution in [1.82, 2.24) is 4.90 Å². The molecule has 2 atom stereocenters. The first-order valence-electron chi connectivity index (χ1n) is 5.77. The molecule has 1 fully saturated rings. The van der Waals surface area contributed by atoms with Gasteiger partial charge in [-0.1, -0.05) is 6.92 Å². The molecule has 0 aromatic carbocycles. The Morgan fingerprint density at radius 3 is 2.86 bits per heavy atom. The average Bonchev–Trinajstić information content (AvgIpc) is 2.21. The van der Waals surface area contributed by atoms with Crippen LogP contribution in [0.2, 0.25) is 0 Å². The first kappa shape index (κ1) is 12.0. The van der Waals surface area contributed by atoms with E-state index in [9.17, 15) is 0 Å². The van der Waals surface area contributed by atoms with E-state index in [4.69, 9.17) is 10.5 Å². The number of rotatable bonds is 5. The molecule has 1 heterocycles. The minimum Gasteiger partial charge on any atom is -0.381 e. The second-order valence-corrected chi connectivity index (χ2v) is 4.26. The molecule has 0 radical (unpaired) electrons. The van der Waals surface area contributed by atoms with Crippen LogP contribution in [0.25, 0.3) is 0 Å². The maximum absolute atomic E-state index is 5.84. The van der Waals surface area contributed by atoms with Gasteiger partial charge >= 0.3 is 0 Å². The van der Waals surface area contributed by atoms with E-state index in [-0.39, 0.29) is 0 Å². The molecule has 0 bridgehead atoms. The lowest BCUT2D eigenvalue weighted by atomic mass is 9.92. The average molecular weight is 200 g/mol. The molecule has 3 heteroatoms. The van der Waals surface area contributed by atoms with E-state index < -0.39 is 0 Å². The summed E-state index contributed by atoms with van der Waals surface area (Å²) in [5, 5.41) is 0. The van der Waals surface area contributed by atoms with Crippen LogP contribution >= 0.6 is 0 Å². The highest BCUT2D eigenvalue weighted by Gasteiger charge is 2.25. The highest BCUT2D eigenvalue weighted by Crippen LogP contribution is 2.20. The molecule has 3 nitrogen and oxygen atoms in total. The van der Waals surface area contributed by atoms with E-state index in [0.717, 1.165) is 26.3 Å². The fourth-order valence-corrected chi connectivity index (χ4v) is 2.32. The first-order valence-corrected chi connectivity index (χ1v) is 5.77. The van der Waals surface area contributed by atoms with Crippen LogP contribution in [0.4, 0.5) is 0 Å². The van der Waals surface area contributed by atoms with Crippen molar-refractivity contribution in [3.05, 3.63) is 0 Å². The highest BCUT2D eigenvalue weighted by atomic mass is 16.5. The van der Waals surface area contributed by atoms with E-state index in [1.165, 1.54) is 19.3 Å². The summed E-state index contributed by atoms with van der Waals surface area (Å²) in [6.07, 6.45) is 3.66. The van der Waals surface area contributed by atoms with Gasteiger partial charge in [-0.25, -0.2) is 0 Å². The van der Waals surface area contributed by atoms with Crippen molar-refractivity contribution in [3.63, 3.8) is 0 Å². The number of ether oxygens (including phenoxy) is 1. The Kier molecular flexibility index (Phi) is 5.45. The summed E-state index contributed by atoms with van der Waals surface area (Å²) in [4.78, 5) is 2.39. The largest absolute Gasteiger partial charge is 0.381 e. The number of hydrogen-bond donors (Lipinski definition) is 1. The molecule has 0 amide bonds. The molecular formula is C11H24N2O. The van der Waals surface area contributed by atoms with Gasteiger partial charge in [-0.2, -0.15) is 0 Å². The first-order chi connectivity index (χ1) is 6.79. The van der Waals surface area contributed by atoms with E-state index in [1.54, 1.807) is 0 Å². The smallest absolute Gasteiger partial charge is 0.0509 e. The maximum Gasteiger partial charge on any atom is 0.0509 e. The third-order valence-electron chi connectivity index (χ3n) is 3.12. The Morgan fingerprint density at radius 2 is 2.36 bits per heavy atom. The zero-order valence-electron chi connectivity index (χ0n) is 9.54. The molecule has 1 rings (SSSR count). The molecule has 1 saturated heterocycles. The van der Waals surface area contributed by atoms with Gasteiger partial charge in [0.15, 0.2) is 0 Å². The predicted octanol–water partition coefficient (Wildman–Crippen LogP) is 1.08. The van der Waals surface area contributed by atoms with Gasteiger partial charge in [0, 0.05) is 19.2 Å². The summed E-state index contributed by atoms with van der Waals surface area (Å²) < 4.78 is 5.51. The minimum absolute atomic E-state index is 0.509. The van der Waals surface area contributed by atoms with E-state index in [0.29, 0.717) is 12.0 Å². The van der Waals surface area contributed by atoms with Crippen molar-refractivity contribution in [3.8, 4) is 0 Å². The van der Waals surface area contributed by atoms with Gasteiger partial charge in [0.1, 0.15) is 0 Å². The molecule has 0 spiro atoms. The van der Waals surface area contributed by atoms with Crippen molar-refractivity contribution in [2.24, 2.45) is 11.7 Å². The molecule has 1 aliphatic heterocycles. The van der Waals surface area contributed by atoms with E-state index >= 15 is 0 Å². The van der Waals surface area contributed by atoms with Gasteiger partial charge in [0.25, 0.3) is 0 Å². The van der Waals surface area contributed by atoms with E-state index in [2.05, 4.69) is 18.9 Å². The Balaban J connectivity index is 2.41. The molecule has 1 aliphatic rings. The molecule has 14 heavy (non-hydrogen) atoms. The minimum atomic E-state index is 0.509. The molecular weight excluding hydrogens is 176 g/mol. The molecule has 2 unspecified atom stereocenters.